The van der Waals surface area contributed by atoms with Crippen LogP contribution >= 0.6 is 27.7 Å². The molecule has 4 rings (SSSR count). The van der Waals surface area contributed by atoms with Crippen LogP contribution < -0.4 is 0 Å². The minimum atomic E-state index is 0.660. The summed E-state index contributed by atoms with van der Waals surface area (Å²) in [5.41, 5.74) is 2.84. The van der Waals surface area contributed by atoms with Crippen LogP contribution in [-0.2, 0) is 0 Å². The Morgan fingerprint density at radius 1 is 1.05 bits per heavy atom. The third kappa shape index (κ3) is 2.36. The van der Waals surface area contributed by atoms with Crippen LogP contribution in [0.25, 0.3) is 11.5 Å². The smallest absolute Gasteiger partial charge is 0.212 e. The number of halogens is 1. The molecule has 22 heavy (non-hydrogen) atoms. The van der Waals surface area contributed by atoms with E-state index in [0.29, 0.717) is 5.82 Å². The Labute approximate surface area is 139 Å². The van der Waals surface area contributed by atoms with Gasteiger partial charge in [0.2, 0.25) is 11.0 Å². The highest BCUT2D eigenvalue weighted by molar-refractivity contribution is 9.10. The number of aromatic nitrogens is 4. The van der Waals surface area contributed by atoms with Gasteiger partial charge in [0.1, 0.15) is 5.69 Å². The number of thioether (sulfide) groups is 1. The van der Waals surface area contributed by atoms with E-state index < -0.39 is 0 Å². The largest absolute Gasteiger partial charge is 0.253 e. The lowest BCUT2D eigenvalue weighted by Crippen LogP contribution is -2.14. The van der Waals surface area contributed by atoms with Crippen LogP contribution in [0.2, 0.25) is 0 Å². The molecule has 0 saturated carbocycles. The molecule has 0 spiro atoms. The monoisotopic (exact) mass is 371 g/mol. The molecule has 0 N–H and O–H groups in total. The van der Waals surface area contributed by atoms with E-state index in [1.807, 2.05) is 36.4 Å². The maximum absolute atomic E-state index is 4.73. The zero-order valence-electron chi connectivity index (χ0n) is 11.3. The van der Waals surface area contributed by atoms with Crippen LogP contribution in [-0.4, -0.2) is 31.3 Å². The third-order valence-corrected chi connectivity index (χ3v) is 4.87. The highest BCUT2D eigenvalue weighted by atomic mass is 79.9. The minimum Gasteiger partial charge on any atom is -0.253 e. The molecule has 3 heterocycles. The van der Waals surface area contributed by atoms with Crippen LogP contribution in [0.5, 0.6) is 0 Å². The Morgan fingerprint density at radius 3 is 2.73 bits per heavy atom. The molecule has 0 bridgehead atoms. The van der Waals surface area contributed by atoms with E-state index in [-0.39, 0.29) is 0 Å². The van der Waals surface area contributed by atoms with Gasteiger partial charge in [-0.1, -0.05) is 52.0 Å². The van der Waals surface area contributed by atoms with Crippen molar-refractivity contribution in [3.05, 3.63) is 58.7 Å². The number of hydrogen-bond donors (Lipinski definition) is 0. The van der Waals surface area contributed by atoms with Gasteiger partial charge in [-0.05, 0) is 18.2 Å². The summed E-state index contributed by atoms with van der Waals surface area (Å²) in [6, 6.07) is 13.8. The Bertz CT molecular complexity index is 859. The van der Waals surface area contributed by atoms with Crippen LogP contribution in [0, 0.1) is 0 Å². The Balaban J connectivity index is 1.83. The molecule has 0 saturated heterocycles. The van der Waals surface area contributed by atoms with E-state index in [1.165, 1.54) is 0 Å². The van der Waals surface area contributed by atoms with Crippen molar-refractivity contribution in [3.8, 4) is 11.5 Å². The summed E-state index contributed by atoms with van der Waals surface area (Å²) in [5, 5.41) is 13.9. The first-order chi connectivity index (χ1) is 10.8. The molecule has 0 amide bonds. The average Bonchev–Trinajstić information content (AvgIpc) is 2.99. The SMILES string of the molecule is Brc1ccccc1C1=Nn2c(nnc2-c2ccccn2)SC1. The molecule has 2 aromatic heterocycles. The van der Waals surface area contributed by atoms with Gasteiger partial charge >= 0.3 is 0 Å². The molecule has 108 valence electrons. The third-order valence-electron chi connectivity index (χ3n) is 3.25. The van der Waals surface area contributed by atoms with Gasteiger partial charge in [0.25, 0.3) is 0 Å². The molecule has 1 aromatic carbocycles. The highest BCUT2D eigenvalue weighted by Gasteiger charge is 2.21. The first-order valence-electron chi connectivity index (χ1n) is 6.65. The van der Waals surface area contributed by atoms with Gasteiger partial charge in [-0.3, -0.25) is 4.98 Å². The molecule has 5 nitrogen and oxygen atoms in total. The van der Waals surface area contributed by atoms with Crippen molar-refractivity contribution in [3.63, 3.8) is 0 Å². The van der Waals surface area contributed by atoms with Crippen LogP contribution in [0.15, 0.2) is 63.4 Å². The zero-order chi connectivity index (χ0) is 14.9. The lowest BCUT2D eigenvalue weighted by Gasteiger charge is -2.14. The zero-order valence-corrected chi connectivity index (χ0v) is 13.8. The van der Waals surface area contributed by atoms with Crippen LogP contribution in [0.3, 0.4) is 0 Å². The lowest BCUT2D eigenvalue weighted by atomic mass is 10.1. The molecule has 0 atom stereocenters. The number of pyridine rings is 1. The summed E-state index contributed by atoms with van der Waals surface area (Å²) in [7, 11) is 0. The van der Waals surface area contributed by atoms with E-state index in [9.17, 15) is 0 Å². The Hall–Kier alpha value is -1.99. The first-order valence-corrected chi connectivity index (χ1v) is 8.43. The molecule has 1 aliphatic rings. The summed E-state index contributed by atoms with van der Waals surface area (Å²) in [4.78, 5) is 4.33. The summed E-state index contributed by atoms with van der Waals surface area (Å²) in [5.74, 6) is 1.43. The number of nitrogens with zero attached hydrogens (tertiary/aromatic N) is 5. The predicted octanol–water partition coefficient (Wildman–Crippen LogP) is 3.46. The molecule has 0 fully saturated rings. The maximum atomic E-state index is 4.73. The molecule has 7 heteroatoms. The van der Waals surface area contributed by atoms with E-state index in [4.69, 9.17) is 5.10 Å². The maximum Gasteiger partial charge on any atom is 0.212 e. The standard InChI is InChI=1S/C15H10BrN5S/c16-11-6-2-1-5-10(11)13-9-22-15-19-18-14(21(15)20-13)12-7-3-4-8-17-12/h1-8H,9H2. The van der Waals surface area contributed by atoms with Gasteiger partial charge < -0.3 is 0 Å². The van der Waals surface area contributed by atoms with Crippen molar-refractivity contribution < 1.29 is 0 Å². The van der Waals surface area contributed by atoms with Crippen molar-refractivity contribution in [1.82, 2.24) is 19.9 Å². The van der Waals surface area contributed by atoms with Gasteiger partial charge in [0.15, 0.2) is 0 Å². The van der Waals surface area contributed by atoms with Crippen molar-refractivity contribution >= 4 is 33.4 Å². The number of hydrogen-bond acceptors (Lipinski definition) is 5. The quantitative estimate of drug-likeness (QED) is 0.691. The number of fused-ring (bicyclic) bond motifs is 1. The Morgan fingerprint density at radius 2 is 1.91 bits per heavy atom. The first kappa shape index (κ1) is 13.7. The molecule has 0 unspecified atom stereocenters. The molecule has 3 aromatic rings. The summed E-state index contributed by atoms with van der Waals surface area (Å²) >= 11 is 5.21. The summed E-state index contributed by atoms with van der Waals surface area (Å²) in [6.45, 7) is 0. The fraction of sp³-hybridized carbons (Fsp3) is 0.0667. The van der Waals surface area contributed by atoms with Gasteiger partial charge in [0, 0.05) is 22.0 Å². The van der Waals surface area contributed by atoms with E-state index in [1.54, 1.807) is 22.6 Å². The van der Waals surface area contributed by atoms with Gasteiger partial charge in [0.05, 0.1) is 5.71 Å². The predicted molar refractivity (Wildman–Crippen MR) is 90.1 cm³/mol. The molecule has 0 aliphatic carbocycles. The average molecular weight is 372 g/mol. The Kier molecular flexibility index (Phi) is 3.51. The molecular weight excluding hydrogens is 362 g/mol. The second-order valence-corrected chi connectivity index (χ2v) is 6.45. The fourth-order valence-corrected chi connectivity index (χ4v) is 3.55. The van der Waals surface area contributed by atoms with Crippen LogP contribution in [0.4, 0.5) is 0 Å². The number of benzene rings is 1. The van der Waals surface area contributed by atoms with Gasteiger partial charge in [-0.25, -0.2) is 0 Å². The van der Waals surface area contributed by atoms with Crippen LogP contribution in [0.1, 0.15) is 5.56 Å². The topological polar surface area (TPSA) is 56.0 Å². The summed E-state index contributed by atoms with van der Waals surface area (Å²) in [6.07, 6.45) is 1.74. The van der Waals surface area contributed by atoms with Crippen molar-refractivity contribution in [2.45, 2.75) is 5.16 Å². The lowest BCUT2D eigenvalue weighted by molar-refractivity contribution is 0.760. The van der Waals surface area contributed by atoms with Crippen molar-refractivity contribution in [2.24, 2.45) is 5.10 Å². The summed E-state index contributed by atoms with van der Waals surface area (Å²) < 4.78 is 2.80. The molecule has 0 radical (unpaired) electrons. The molecular formula is C15H10BrN5S. The fourth-order valence-electron chi connectivity index (χ4n) is 2.21. The second kappa shape index (κ2) is 5.66. The van der Waals surface area contributed by atoms with E-state index in [0.717, 1.165) is 32.4 Å². The normalized spacial score (nSPS) is 13.6. The molecule has 1 aliphatic heterocycles. The van der Waals surface area contributed by atoms with Gasteiger partial charge in [-0.2, -0.15) is 9.78 Å². The van der Waals surface area contributed by atoms with E-state index in [2.05, 4.69) is 37.2 Å². The van der Waals surface area contributed by atoms with Crippen molar-refractivity contribution in [1.29, 1.82) is 0 Å². The second-order valence-electron chi connectivity index (χ2n) is 4.65. The van der Waals surface area contributed by atoms with Gasteiger partial charge in [-0.15, -0.1) is 10.2 Å². The number of rotatable bonds is 2. The van der Waals surface area contributed by atoms with Crippen molar-refractivity contribution in [2.75, 3.05) is 5.75 Å². The minimum absolute atomic E-state index is 0.660. The van der Waals surface area contributed by atoms with E-state index >= 15 is 0 Å². The highest BCUT2D eigenvalue weighted by Crippen LogP contribution is 2.29.